The number of nitriles is 1. The van der Waals surface area contributed by atoms with Gasteiger partial charge in [-0.25, -0.2) is 14.8 Å². The van der Waals surface area contributed by atoms with Crippen LogP contribution in [0.3, 0.4) is 0 Å². The summed E-state index contributed by atoms with van der Waals surface area (Å²) in [6.45, 7) is 7.04. The predicted octanol–water partition coefficient (Wildman–Crippen LogP) is 4.66. The van der Waals surface area contributed by atoms with Crippen LogP contribution in [0, 0.1) is 16.7 Å². The van der Waals surface area contributed by atoms with Gasteiger partial charge in [0.15, 0.2) is 5.82 Å². The molecule has 1 aliphatic carbocycles. The lowest BCUT2D eigenvalue weighted by Gasteiger charge is -2.24. The molecule has 2 aliphatic rings. The molecule has 1 atom stereocenters. The smallest absolute Gasteiger partial charge is 0.407 e. The number of aromatic nitrogens is 2. The molecule has 1 N–H and O–H groups in total. The number of hydrogen-bond acceptors (Lipinski definition) is 6. The van der Waals surface area contributed by atoms with Gasteiger partial charge in [0.05, 0.1) is 28.7 Å². The number of alkyl carbamates (subject to hydrolysis) is 1. The van der Waals surface area contributed by atoms with Crippen molar-refractivity contribution in [2.24, 2.45) is 5.41 Å². The van der Waals surface area contributed by atoms with Gasteiger partial charge in [0, 0.05) is 24.1 Å². The summed E-state index contributed by atoms with van der Waals surface area (Å²) in [4.78, 5) is 24.7. The molecular weight excluding hydrogens is 414 g/mol. The first kappa shape index (κ1) is 21.2. The number of para-hydroxylation sites is 2. The van der Waals surface area contributed by atoms with Crippen molar-refractivity contribution < 1.29 is 9.53 Å². The molecule has 1 spiro atoms. The van der Waals surface area contributed by atoms with Gasteiger partial charge in [0.2, 0.25) is 0 Å². The average Bonchev–Trinajstić information content (AvgIpc) is 3.48. The van der Waals surface area contributed by atoms with Crippen LogP contribution >= 0.6 is 0 Å². The zero-order chi connectivity index (χ0) is 23.2. The highest BCUT2D eigenvalue weighted by Crippen LogP contribution is 2.54. The van der Waals surface area contributed by atoms with E-state index in [-0.39, 0.29) is 17.6 Å². The third-order valence-corrected chi connectivity index (χ3v) is 6.35. The fourth-order valence-corrected chi connectivity index (χ4v) is 4.59. The minimum Gasteiger partial charge on any atom is -0.444 e. The minimum absolute atomic E-state index is 0.0149. The first-order valence-corrected chi connectivity index (χ1v) is 11.3. The van der Waals surface area contributed by atoms with Gasteiger partial charge in [-0.2, -0.15) is 5.26 Å². The highest BCUT2D eigenvalue weighted by Gasteiger charge is 2.56. The number of carbonyl (C=O) groups is 1. The van der Waals surface area contributed by atoms with E-state index in [4.69, 9.17) is 14.7 Å². The summed E-state index contributed by atoms with van der Waals surface area (Å²) in [5.41, 5.74) is 3.31. The van der Waals surface area contributed by atoms with Gasteiger partial charge in [-0.15, -0.1) is 0 Å². The third kappa shape index (κ3) is 4.21. The second-order valence-corrected chi connectivity index (χ2v) is 10.0. The Morgan fingerprint density at radius 2 is 1.88 bits per heavy atom. The highest BCUT2D eigenvalue weighted by atomic mass is 16.6. The van der Waals surface area contributed by atoms with Gasteiger partial charge in [-0.3, -0.25) is 0 Å². The maximum Gasteiger partial charge on any atom is 0.407 e. The van der Waals surface area contributed by atoms with E-state index in [1.807, 2.05) is 63.2 Å². The van der Waals surface area contributed by atoms with Crippen LogP contribution in [0.5, 0.6) is 0 Å². The van der Waals surface area contributed by atoms with E-state index in [0.29, 0.717) is 12.1 Å². The summed E-state index contributed by atoms with van der Waals surface area (Å²) in [5.74, 6) is 0.781. The molecule has 1 aliphatic heterocycles. The molecule has 3 aromatic rings. The zero-order valence-electron chi connectivity index (χ0n) is 19.1. The molecule has 1 amide bonds. The van der Waals surface area contributed by atoms with Gasteiger partial charge in [0.1, 0.15) is 11.3 Å². The number of benzene rings is 2. The van der Waals surface area contributed by atoms with E-state index in [0.717, 1.165) is 47.5 Å². The van der Waals surface area contributed by atoms with Crippen molar-refractivity contribution in [2.45, 2.75) is 45.3 Å². The Hall–Kier alpha value is -3.66. The summed E-state index contributed by atoms with van der Waals surface area (Å²) >= 11 is 0. The standard InChI is InChI=1S/C26H27N5O2/c1-25(2,3)33-24(32)30-21-15-31(16-26(21)11-12-26)23-22(18-8-6-7-17(13-18)14-27)28-19-9-4-5-10-20(19)29-23/h4-10,13,21H,11-12,15-16H2,1-3H3,(H,30,32)/t21-/m1/s1. The van der Waals surface area contributed by atoms with Crippen molar-refractivity contribution in [1.82, 2.24) is 15.3 Å². The largest absolute Gasteiger partial charge is 0.444 e. The van der Waals surface area contributed by atoms with E-state index in [1.54, 1.807) is 6.07 Å². The van der Waals surface area contributed by atoms with Crippen molar-refractivity contribution in [3.05, 3.63) is 54.1 Å². The fraction of sp³-hybridized carbons (Fsp3) is 0.385. The lowest BCUT2D eigenvalue weighted by Crippen LogP contribution is -2.44. The number of nitrogens with one attached hydrogen (secondary N) is 1. The SMILES string of the molecule is CC(C)(C)OC(=O)N[C@@H]1CN(c2nc3ccccc3nc2-c2cccc(C#N)c2)CC12CC2. The molecular formula is C26H27N5O2. The van der Waals surface area contributed by atoms with Gasteiger partial charge in [0.25, 0.3) is 0 Å². The first-order chi connectivity index (χ1) is 15.8. The lowest BCUT2D eigenvalue weighted by molar-refractivity contribution is 0.0493. The third-order valence-electron chi connectivity index (χ3n) is 6.35. The van der Waals surface area contributed by atoms with Crippen LogP contribution < -0.4 is 10.2 Å². The Morgan fingerprint density at radius 3 is 2.55 bits per heavy atom. The Bertz CT molecular complexity index is 1270. The van der Waals surface area contributed by atoms with Crippen LogP contribution in [0.2, 0.25) is 0 Å². The molecule has 2 aromatic carbocycles. The van der Waals surface area contributed by atoms with Gasteiger partial charge < -0.3 is 15.0 Å². The summed E-state index contributed by atoms with van der Waals surface area (Å²) in [6.07, 6.45) is 1.74. The highest BCUT2D eigenvalue weighted by molar-refractivity contribution is 5.84. The van der Waals surface area contributed by atoms with Crippen molar-refractivity contribution >= 4 is 22.9 Å². The molecule has 1 saturated carbocycles. The van der Waals surface area contributed by atoms with E-state index < -0.39 is 5.60 Å². The lowest BCUT2D eigenvalue weighted by atomic mass is 10.0. The number of rotatable bonds is 3. The normalized spacial score (nSPS) is 18.8. The number of amides is 1. The van der Waals surface area contributed by atoms with Crippen LogP contribution in [0.25, 0.3) is 22.3 Å². The van der Waals surface area contributed by atoms with Gasteiger partial charge in [-0.05, 0) is 57.9 Å². The summed E-state index contributed by atoms with van der Waals surface area (Å²) in [7, 11) is 0. The monoisotopic (exact) mass is 441 g/mol. The zero-order valence-corrected chi connectivity index (χ0v) is 19.1. The second-order valence-electron chi connectivity index (χ2n) is 10.0. The first-order valence-electron chi connectivity index (χ1n) is 11.3. The van der Waals surface area contributed by atoms with Crippen molar-refractivity contribution in [1.29, 1.82) is 5.26 Å². The molecule has 7 heteroatoms. The summed E-state index contributed by atoms with van der Waals surface area (Å²) < 4.78 is 5.51. The molecule has 2 heterocycles. The molecule has 5 rings (SSSR count). The maximum atomic E-state index is 12.5. The number of fused-ring (bicyclic) bond motifs is 1. The van der Waals surface area contributed by atoms with Crippen LogP contribution in [0.4, 0.5) is 10.6 Å². The molecule has 0 radical (unpaired) electrons. The summed E-state index contributed by atoms with van der Waals surface area (Å²) in [6, 6.07) is 17.5. The minimum atomic E-state index is -0.540. The van der Waals surface area contributed by atoms with Crippen molar-refractivity contribution in [3.63, 3.8) is 0 Å². The molecule has 1 aromatic heterocycles. The van der Waals surface area contributed by atoms with Gasteiger partial charge in [-0.1, -0.05) is 24.3 Å². The van der Waals surface area contributed by atoms with E-state index in [1.165, 1.54) is 0 Å². The van der Waals surface area contributed by atoms with Crippen molar-refractivity contribution in [3.8, 4) is 17.3 Å². The average molecular weight is 442 g/mol. The summed E-state index contributed by atoms with van der Waals surface area (Å²) in [5, 5.41) is 12.5. The Kier molecular flexibility index (Phi) is 4.97. The molecule has 0 unspecified atom stereocenters. The van der Waals surface area contributed by atoms with E-state index in [9.17, 15) is 10.1 Å². The Labute approximate surface area is 193 Å². The number of carbonyl (C=O) groups excluding carboxylic acids is 1. The molecule has 7 nitrogen and oxygen atoms in total. The quantitative estimate of drug-likeness (QED) is 0.636. The number of hydrogen-bond donors (Lipinski definition) is 1. The maximum absolute atomic E-state index is 12.5. The predicted molar refractivity (Wildman–Crippen MR) is 127 cm³/mol. The number of nitrogens with zero attached hydrogens (tertiary/aromatic N) is 4. The van der Waals surface area contributed by atoms with Gasteiger partial charge >= 0.3 is 6.09 Å². The van der Waals surface area contributed by atoms with Crippen molar-refractivity contribution in [2.75, 3.05) is 18.0 Å². The number of anilines is 1. The topological polar surface area (TPSA) is 91.1 Å². The Balaban J connectivity index is 1.52. The molecule has 0 bridgehead atoms. The van der Waals surface area contributed by atoms with E-state index >= 15 is 0 Å². The van der Waals surface area contributed by atoms with Crippen LogP contribution in [0.15, 0.2) is 48.5 Å². The Morgan fingerprint density at radius 1 is 1.15 bits per heavy atom. The number of ether oxygens (including phenoxy) is 1. The molecule has 1 saturated heterocycles. The van der Waals surface area contributed by atoms with Crippen LogP contribution in [-0.4, -0.2) is 40.8 Å². The van der Waals surface area contributed by atoms with Crippen LogP contribution in [0.1, 0.15) is 39.2 Å². The molecule has 2 fully saturated rings. The van der Waals surface area contributed by atoms with Crippen LogP contribution in [-0.2, 0) is 4.74 Å². The van der Waals surface area contributed by atoms with E-state index in [2.05, 4.69) is 16.3 Å². The molecule has 168 valence electrons. The fourth-order valence-electron chi connectivity index (χ4n) is 4.59. The second kappa shape index (κ2) is 7.73. The molecule has 33 heavy (non-hydrogen) atoms.